The van der Waals surface area contributed by atoms with Crippen molar-refractivity contribution in [2.75, 3.05) is 6.54 Å². The summed E-state index contributed by atoms with van der Waals surface area (Å²) >= 11 is 6.25. The van der Waals surface area contributed by atoms with Crippen LogP contribution in [-0.2, 0) is 25.6 Å². The van der Waals surface area contributed by atoms with E-state index in [4.69, 9.17) is 11.6 Å². The Morgan fingerprint density at radius 1 is 1.41 bits per heavy atom. The first-order valence-electron chi connectivity index (χ1n) is 7.71. The van der Waals surface area contributed by atoms with E-state index in [1.165, 1.54) is 5.56 Å². The van der Waals surface area contributed by atoms with Crippen LogP contribution in [-0.4, -0.2) is 21.4 Å². The minimum Gasteiger partial charge on any atom is -0.384 e. The molecule has 1 unspecified atom stereocenters. The third-order valence-corrected chi connectivity index (χ3v) is 5.02. The van der Waals surface area contributed by atoms with Crippen molar-refractivity contribution in [3.63, 3.8) is 0 Å². The molecule has 0 bridgehead atoms. The third kappa shape index (κ3) is 2.78. The van der Waals surface area contributed by atoms with Crippen LogP contribution < -0.4 is 5.32 Å². The number of hydrogen-bond acceptors (Lipinski definition) is 3. The number of hydrogen-bond donors (Lipinski definition) is 2. The Kier molecular flexibility index (Phi) is 4.26. The van der Waals surface area contributed by atoms with Gasteiger partial charge in [0.25, 0.3) is 0 Å². The molecule has 3 rings (SSSR count). The molecule has 0 aliphatic heterocycles. The van der Waals surface area contributed by atoms with Crippen LogP contribution in [0.2, 0.25) is 5.15 Å². The minimum atomic E-state index is -0.794. The number of nitrogens with one attached hydrogen (secondary N) is 1. The summed E-state index contributed by atoms with van der Waals surface area (Å²) in [4.78, 5) is 0. The lowest BCUT2D eigenvalue weighted by molar-refractivity contribution is 0.0189. The molecule has 1 aliphatic carbocycles. The summed E-state index contributed by atoms with van der Waals surface area (Å²) in [6, 6.07) is 8.19. The second kappa shape index (κ2) is 6.03. The molecule has 0 saturated carbocycles. The van der Waals surface area contributed by atoms with Crippen LogP contribution >= 0.6 is 11.6 Å². The second-order valence-electron chi connectivity index (χ2n) is 6.12. The summed E-state index contributed by atoms with van der Waals surface area (Å²) < 4.78 is 1.68. The molecule has 0 radical (unpaired) electrons. The summed E-state index contributed by atoms with van der Waals surface area (Å²) in [6.45, 7) is 3.09. The number of aliphatic hydroxyl groups is 1. The molecule has 1 aromatic carbocycles. The van der Waals surface area contributed by atoms with Crippen molar-refractivity contribution < 1.29 is 5.11 Å². The van der Waals surface area contributed by atoms with E-state index < -0.39 is 5.60 Å². The highest BCUT2D eigenvalue weighted by molar-refractivity contribution is 6.30. The lowest BCUT2D eigenvalue weighted by Crippen LogP contribution is -2.40. The maximum atomic E-state index is 11.0. The first-order chi connectivity index (χ1) is 10.5. The number of fused-ring (bicyclic) bond motifs is 1. The fourth-order valence-electron chi connectivity index (χ4n) is 3.35. The van der Waals surface area contributed by atoms with Gasteiger partial charge in [-0.2, -0.15) is 5.10 Å². The van der Waals surface area contributed by atoms with Crippen LogP contribution in [0.5, 0.6) is 0 Å². The van der Waals surface area contributed by atoms with Crippen molar-refractivity contribution in [2.45, 2.75) is 38.3 Å². The molecule has 0 amide bonds. The van der Waals surface area contributed by atoms with E-state index in [0.29, 0.717) is 18.2 Å². The lowest BCUT2D eigenvalue weighted by atomic mass is 9.79. The van der Waals surface area contributed by atoms with Gasteiger partial charge in [-0.25, -0.2) is 0 Å². The molecule has 1 atom stereocenters. The number of halogens is 1. The van der Waals surface area contributed by atoms with Gasteiger partial charge in [-0.3, -0.25) is 4.68 Å². The van der Waals surface area contributed by atoms with Gasteiger partial charge in [0.2, 0.25) is 0 Å². The van der Waals surface area contributed by atoms with Crippen molar-refractivity contribution in [1.82, 2.24) is 15.1 Å². The smallest absolute Gasteiger partial charge is 0.131 e. The van der Waals surface area contributed by atoms with Crippen LogP contribution in [0.15, 0.2) is 24.3 Å². The predicted octanol–water partition coefficient (Wildman–Crippen LogP) is 2.70. The van der Waals surface area contributed by atoms with Crippen LogP contribution in [0, 0.1) is 6.92 Å². The van der Waals surface area contributed by atoms with Crippen LogP contribution in [0.25, 0.3) is 0 Å². The topological polar surface area (TPSA) is 50.1 Å². The van der Waals surface area contributed by atoms with E-state index in [2.05, 4.69) is 16.5 Å². The summed E-state index contributed by atoms with van der Waals surface area (Å²) in [5.41, 5.74) is 3.45. The van der Waals surface area contributed by atoms with E-state index in [1.54, 1.807) is 4.68 Å². The number of nitrogens with zero attached hydrogens (tertiary/aromatic N) is 2. The highest BCUT2D eigenvalue weighted by Crippen LogP contribution is 2.34. The first kappa shape index (κ1) is 15.5. The fourth-order valence-corrected chi connectivity index (χ4v) is 3.59. The number of aryl methyl sites for hydroxylation is 3. The van der Waals surface area contributed by atoms with Crippen molar-refractivity contribution in [1.29, 1.82) is 0 Å². The van der Waals surface area contributed by atoms with Crippen LogP contribution in [0.1, 0.15) is 35.2 Å². The summed E-state index contributed by atoms with van der Waals surface area (Å²) in [6.07, 6.45) is 2.85. The van der Waals surface area contributed by atoms with Gasteiger partial charge in [0.05, 0.1) is 5.69 Å². The zero-order valence-corrected chi connectivity index (χ0v) is 13.8. The molecule has 1 aliphatic rings. The largest absolute Gasteiger partial charge is 0.384 e. The van der Waals surface area contributed by atoms with E-state index >= 15 is 0 Å². The predicted molar refractivity (Wildman–Crippen MR) is 87.9 cm³/mol. The molecule has 0 spiro atoms. The van der Waals surface area contributed by atoms with E-state index in [-0.39, 0.29) is 0 Å². The zero-order chi connectivity index (χ0) is 15.7. The van der Waals surface area contributed by atoms with Crippen LogP contribution in [0.4, 0.5) is 0 Å². The average molecular weight is 320 g/mol. The molecular formula is C17H22ClN3O. The fraction of sp³-hybridized carbons (Fsp3) is 0.471. The molecule has 1 aromatic heterocycles. The SMILES string of the molecule is Cc1nn(C)c(Cl)c1CNCC1(O)CCCc2ccccc21. The van der Waals surface area contributed by atoms with Gasteiger partial charge in [-0.05, 0) is 37.3 Å². The van der Waals surface area contributed by atoms with Crippen LogP contribution in [0.3, 0.4) is 0 Å². The Labute approximate surface area is 136 Å². The Hall–Kier alpha value is -1.36. The second-order valence-corrected chi connectivity index (χ2v) is 6.48. The molecule has 2 N–H and O–H groups in total. The van der Waals surface area contributed by atoms with E-state index in [9.17, 15) is 5.11 Å². The monoisotopic (exact) mass is 319 g/mol. The average Bonchev–Trinajstić information content (AvgIpc) is 2.74. The maximum absolute atomic E-state index is 11.0. The third-order valence-electron chi connectivity index (χ3n) is 4.54. The Morgan fingerprint density at radius 2 is 2.18 bits per heavy atom. The molecular weight excluding hydrogens is 298 g/mol. The van der Waals surface area contributed by atoms with Gasteiger partial charge in [0, 0.05) is 25.7 Å². The first-order valence-corrected chi connectivity index (χ1v) is 8.08. The molecule has 0 saturated heterocycles. The number of rotatable bonds is 4. The van der Waals surface area contributed by atoms with E-state index in [0.717, 1.165) is 36.1 Å². The van der Waals surface area contributed by atoms with Gasteiger partial charge >= 0.3 is 0 Å². The van der Waals surface area contributed by atoms with Crippen molar-refractivity contribution in [2.24, 2.45) is 7.05 Å². The normalized spacial score (nSPS) is 20.9. The quantitative estimate of drug-likeness (QED) is 0.911. The van der Waals surface area contributed by atoms with E-state index in [1.807, 2.05) is 32.2 Å². The Morgan fingerprint density at radius 3 is 2.91 bits per heavy atom. The highest BCUT2D eigenvalue weighted by atomic mass is 35.5. The standard InChI is InChI=1S/C17H22ClN3O/c1-12-14(16(18)21(2)20-12)10-19-11-17(22)9-5-7-13-6-3-4-8-15(13)17/h3-4,6,8,19,22H,5,7,9-11H2,1-2H3. The summed E-state index contributed by atoms with van der Waals surface area (Å²) in [7, 11) is 1.84. The zero-order valence-electron chi connectivity index (χ0n) is 13.1. The molecule has 2 aromatic rings. The van der Waals surface area contributed by atoms with Gasteiger partial charge < -0.3 is 10.4 Å². The van der Waals surface area contributed by atoms with Crippen molar-refractivity contribution in [3.05, 3.63) is 51.8 Å². The summed E-state index contributed by atoms with van der Waals surface area (Å²) in [5.74, 6) is 0. The molecule has 1 heterocycles. The molecule has 0 fully saturated rings. The number of benzene rings is 1. The van der Waals surface area contributed by atoms with Crippen molar-refractivity contribution >= 4 is 11.6 Å². The van der Waals surface area contributed by atoms with Gasteiger partial charge in [-0.1, -0.05) is 35.9 Å². The summed E-state index contributed by atoms with van der Waals surface area (Å²) in [5, 5.41) is 19.4. The highest BCUT2D eigenvalue weighted by Gasteiger charge is 2.33. The molecule has 4 nitrogen and oxygen atoms in total. The molecule has 118 valence electrons. The Balaban J connectivity index is 1.72. The van der Waals surface area contributed by atoms with Gasteiger partial charge in [0.1, 0.15) is 10.8 Å². The van der Waals surface area contributed by atoms with Crippen molar-refractivity contribution in [3.8, 4) is 0 Å². The Bertz CT molecular complexity index is 683. The molecule has 5 heteroatoms. The lowest BCUT2D eigenvalue weighted by Gasteiger charge is -2.34. The van der Waals surface area contributed by atoms with Gasteiger partial charge in [-0.15, -0.1) is 0 Å². The number of aromatic nitrogens is 2. The minimum absolute atomic E-state index is 0.522. The maximum Gasteiger partial charge on any atom is 0.131 e. The molecule has 22 heavy (non-hydrogen) atoms. The van der Waals surface area contributed by atoms with Gasteiger partial charge in [0.15, 0.2) is 0 Å².